The van der Waals surface area contributed by atoms with E-state index in [1.807, 2.05) is 0 Å². The Morgan fingerprint density at radius 1 is 1.40 bits per heavy atom. The van der Waals surface area contributed by atoms with Crippen LogP contribution in [0.2, 0.25) is 0 Å². The summed E-state index contributed by atoms with van der Waals surface area (Å²) < 4.78 is 6.96. The fraction of sp³-hybridized carbons (Fsp3) is 0.625. The number of benzene rings is 1. The van der Waals surface area contributed by atoms with Crippen molar-refractivity contribution in [2.45, 2.75) is 45.9 Å². The van der Waals surface area contributed by atoms with Gasteiger partial charge in [-0.1, -0.05) is 35.8 Å². The average molecular weight is 341 g/mol. The van der Waals surface area contributed by atoms with Crippen LogP contribution in [0.25, 0.3) is 0 Å². The summed E-state index contributed by atoms with van der Waals surface area (Å²) in [6, 6.07) is 7.18. The van der Waals surface area contributed by atoms with Crippen molar-refractivity contribution in [2.75, 3.05) is 24.6 Å². The molecule has 0 saturated carbocycles. The monoisotopic (exact) mass is 340 g/mol. The van der Waals surface area contributed by atoms with E-state index in [9.17, 15) is 0 Å². The Morgan fingerprint density at radius 2 is 2.20 bits per heavy atom. The fourth-order valence-electron chi connectivity index (χ4n) is 2.62. The van der Waals surface area contributed by atoms with Crippen molar-refractivity contribution < 1.29 is 4.74 Å². The van der Waals surface area contributed by atoms with Crippen LogP contribution in [0.4, 0.5) is 5.69 Å². The molecule has 0 aliphatic carbocycles. The van der Waals surface area contributed by atoms with Crippen molar-refractivity contribution >= 4 is 21.6 Å². The minimum absolute atomic E-state index is 0.304. The van der Waals surface area contributed by atoms with Gasteiger partial charge in [0.05, 0.1) is 18.8 Å². The van der Waals surface area contributed by atoms with E-state index in [1.54, 1.807) is 0 Å². The molecule has 0 amide bonds. The second-order valence-electron chi connectivity index (χ2n) is 5.41. The molecule has 1 fully saturated rings. The molecule has 112 valence electrons. The highest BCUT2D eigenvalue weighted by Crippen LogP contribution is 2.28. The summed E-state index contributed by atoms with van der Waals surface area (Å²) in [5, 5.41) is 3.37. The second-order valence-corrected chi connectivity index (χ2v) is 6.27. The minimum Gasteiger partial charge on any atom is -0.375 e. The molecular formula is C16H25BrN2O. The lowest BCUT2D eigenvalue weighted by molar-refractivity contribution is 0.0299. The van der Waals surface area contributed by atoms with E-state index >= 15 is 0 Å². The first-order chi connectivity index (χ1) is 9.65. The first-order valence-electron chi connectivity index (χ1n) is 7.53. The molecule has 2 atom stereocenters. The molecular weight excluding hydrogens is 316 g/mol. The lowest BCUT2D eigenvalue weighted by atomic mass is 10.1. The standard InChI is InChI=1S/C16H25BrN2O/c1-4-14-11-20-12(3)10-19(14)15-7-6-13(9-18-5-2)16(17)8-15/h6-8,12,14,18H,4-5,9-11H2,1-3H3. The number of morpholine rings is 1. The number of halogens is 1. The molecule has 4 heteroatoms. The van der Waals surface area contributed by atoms with Gasteiger partial charge in [0.15, 0.2) is 0 Å². The maximum atomic E-state index is 5.78. The van der Waals surface area contributed by atoms with Gasteiger partial charge >= 0.3 is 0 Å². The SMILES string of the molecule is CCNCc1ccc(N2CC(C)OCC2CC)cc1Br. The molecule has 1 heterocycles. The number of nitrogens with zero attached hydrogens (tertiary/aromatic N) is 1. The van der Waals surface area contributed by atoms with Crippen LogP contribution in [0, 0.1) is 0 Å². The van der Waals surface area contributed by atoms with Crippen LogP contribution in [0.5, 0.6) is 0 Å². The molecule has 0 aromatic heterocycles. The minimum atomic E-state index is 0.304. The van der Waals surface area contributed by atoms with Gasteiger partial charge in [-0.25, -0.2) is 0 Å². The molecule has 2 unspecified atom stereocenters. The Bertz CT molecular complexity index is 438. The molecule has 3 nitrogen and oxygen atoms in total. The number of hydrogen-bond acceptors (Lipinski definition) is 3. The third-order valence-corrected chi connectivity index (χ3v) is 4.61. The number of rotatable bonds is 5. The van der Waals surface area contributed by atoms with Crippen LogP contribution in [0.1, 0.15) is 32.8 Å². The lowest BCUT2D eigenvalue weighted by Crippen LogP contribution is -2.48. The lowest BCUT2D eigenvalue weighted by Gasteiger charge is -2.40. The Hall–Kier alpha value is -0.580. The number of anilines is 1. The van der Waals surface area contributed by atoms with Gasteiger partial charge in [-0.15, -0.1) is 0 Å². The highest BCUT2D eigenvalue weighted by molar-refractivity contribution is 9.10. The van der Waals surface area contributed by atoms with Gasteiger partial charge in [0, 0.05) is 23.2 Å². The summed E-state index contributed by atoms with van der Waals surface area (Å²) in [7, 11) is 0. The Labute approximate surface area is 130 Å². The van der Waals surface area contributed by atoms with Crippen LogP contribution in [-0.2, 0) is 11.3 Å². The van der Waals surface area contributed by atoms with E-state index in [0.717, 1.165) is 32.7 Å². The summed E-state index contributed by atoms with van der Waals surface area (Å²) in [5.41, 5.74) is 2.60. The van der Waals surface area contributed by atoms with Crippen molar-refractivity contribution in [2.24, 2.45) is 0 Å². The molecule has 1 aromatic rings. The van der Waals surface area contributed by atoms with E-state index in [4.69, 9.17) is 4.74 Å². The summed E-state index contributed by atoms with van der Waals surface area (Å²) >= 11 is 3.70. The van der Waals surface area contributed by atoms with Crippen molar-refractivity contribution in [1.82, 2.24) is 5.32 Å². The van der Waals surface area contributed by atoms with Crippen LogP contribution >= 0.6 is 15.9 Å². The molecule has 1 aliphatic rings. The summed E-state index contributed by atoms with van der Waals surface area (Å²) in [5.74, 6) is 0. The first kappa shape index (κ1) is 15.8. The molecule has 0 radical (unpaired) electrons. The molecule has 20 heavy (non-hydrogen) atoms. The second kappa shape index (κ2) is 7.43. The third kappa shape index (κ3) is 3.74. The summed E-state index contributed by atoms with van der Waals surface area (Å²) in [6.07, 6.45) is 1.42. The highest BCUT2D eigenvalue weighted by atomic mass is 79.9. The largest absolute Gasteiger partial charge is 0.375 e. The molecule has 1 saturated heterocycles. The van der Waals surface area contributed by atoms with E-state index in [2.05, 4.69) is 65.1 Å². The third-order valence-electron chi connectivity index (χ3n) is 3.87. The number of nitrogens with one attached hydrogen (secondary N) is 1. The zero-order valence-corrected chi connectivity index (χ0v) is 14.2. The maximum absolute atomic E-state index is 5.78. The quantitative estimate of drug-likeness (QED) is 0.886. The van der Waals surface area contributed by atoms with E-state index in [0.29, 0.717) is 12.1 Å². The molecule has 0 bridgehead atoms. The van der Waals surface area contributed by atoms with Gasteiger partial charge in [0.1, 0.15) is 0 Å². The van der Waals surface area contributed by atoms with Gasteiger partial charge in [-0.05, 0) is 37.6 Å². The molecule has 1 aliphatic heterocycles. The van der Waals surface area contributed by atoms with Gasteiger partial charge in [0.2, 0.25) is 0 Å². The van der Waals surface area contributed by atoms with Crippen molar-refractivity contribution in [1.29, 1.82) is 0 Å². The van der Waals surface area contributed by atoms with Gasteiger partial charge in [-0.3, -0.25) is 0 Å². The molecule has 0 spiro atoms. The molecule has 2 rings (SSSR count). The van der Waals surface area contributed by atoms with E-state index < -0.39 is 0 Å². The predicted molar refractivity (Wildman–Crippen MR) is 88.4 cm³/mol. The number of hydrogen-bond donors (Lipinski definition) is 1. The number of ether oxygens (including phenoxy) is 1. The topological polar surface area (TPSA) is 24.5 Å². The van der Waals surface area contributed by atoms with E-state index in [1.165, 1.54) is 15.7 Å². The van der Waals surface area contributed by atoms with Gasteiger partial charge in [-0.2, -0.15) is 0 Å². The molecule has 1 aromatic carbocycles. The first-order valence-corrected chi connectivity index (χ1v) is 8.32. The summed E-state index contributed by atoms with van der Waals surface area (Å²) in [4.78, 5) is 2.48. The zero-order valence-electron chi connectivity index (χ0n) is 12.7. The Kier molecular flexibility index (Phi) is 5.87. The van der Waals surface area contributed by atoms with Crippen LogP contribution in [0.3, 0.4) is 0 Å². The van der Waals surface area contributed by atoms with Crippen LogP contribution in [0.15, 0.2) is 22.7 Å². The van der Waals surface area contributed by atoms with Gasteiger partial charge in [0.25, 0.3) is 0 Å². The Morgan fingerprint density at radius 3 is 2.85 bits per heavy atom. The van der Waals surface area contributed by atoms with Crippen molar-refractivity contribution in [3.63, 3.8) is 0 Å². The van der Waals surface area contributed by atoms with Crippen LogP contribution < -0.4 is 10.2 Å². The predicted octanol–water partition coefficient (Wildman–Crippen LogP) is 3.56. The molecule has 1 N–H and O–H groups in total. The fourth-order valence-corrected chi connectivity index (χ4v) is 3.12. The normalized spacial score (nSPS) is 23.1. The van der Waals surface area contributed by atoms with Crippen molar-refractivity contribution in [3.8, 4) is 0 Å². The average Bonchev–Trinajstić information content (AvgIpc) is 2.46. The highest BCUT2D eigenvalue weighted by Gasteiger charge is 2.25. The smallest absolute Gasteiger partial charge is 0.0723 e. The Balaban J connectivity index is 2.16. The van der Waals surface area contributed by atoms with Crippen LogP contribution in [-0.4, -0.2) is 31.8 Å². The van der Waals surface area contributed by atoms with Gasteiger partial charge < -0.3 is 15.0 Å². The zero-order chi connectivity index (χ0) is 14.5. The van der Waals surface area contributed by atoms with E-state index in [-0.39, 0.29) is 0 Å². The summed E-state index contributed by atoms with van der Waals surface area (Å²) in [6.45, 7) is 10.2. The van der Waals surface area contributed by atoms with Crippen molar-refractivity contribution in [3.05, 3.63) is 28.2 Å². The maximum Gasteiger partial charge on any atom is 0.0723 e.